The minimum atomic E-state index is -0.592. The molecule has 0 aliphatic carbocycles. The van der Waals surface area contributed by atoms with Crippen molar-refractivity contribution in [3.05, 3.63) is 35.4 Å². The van der Waals surface area contributed by atoms with E-state index in [4.69, 9.17) is 9.47 Å². The van der Waals surface area contributed by atoms with Gasteiger partial charge in [-0.05, 0) is 26.3 Å². The zero-order valence-electron chi connectivity index (χ0n) is 9.11. The van der Waals surface area contributed by atoms with E-state index in [0.29, 0.717) is 0 Å². The molecule has 0 bridgehead atoms. The largest absolute Gasteiger partial charge is 0.509 e. The van der Waals surface area contributed by atoms with Crippen LogP contribution in [0, 0.1) is 6.92 Å². The van der Waals surface area contributed by atoms with Crippen molar-refractivity contribution >= 4 is 6.16 Å². The highest BCUT2D eigenvalue weighted by Crippen LogP contribution is 2.38. The Morgan fingerprint density at radius 1 is 1.33 bits per heavy atom. The quantitative estimate of drug-likeness (QED) is 0.662. The zero-order valence-corrected chi connectivity index (χ0v) is 9.11. The lowest BCUT2D eigenvalue weighted by atomic mass is 9.94. The van der Waals surface area contributed by atoms with Crippen LogP contribution in [0.1, 0.15) is 31.1 Å². The van der Waals surface area contributed by atoms with Crippen molar-refractivity contribution < 1.29 is 14.3 Å². The van der Waals surface area contributed by atoms with E-state index in [-0.39, 0.29) is 6.10 Å². The summed E-state index contributed by atoms with van der Waals surface area (Å²) in [5.74, 6) is 0. The van der Waals surface area contributed by atoms with Crippen LogP contribution in [0.5, 0.6) is 0 Å². The van der Waals surface area contributed by atoms with Crippen LogP contribution in [-0.2, 0) is 9.47 Å². The number of cyclic esters (lactones) is 2. The number of rotatable bonds is 1. The molecule has 0 spiro atoms. The SMILES string of the molecule is Cc1cccc([C@H]2OC(=O)OC2(C)C)c1. The summed E-state index contributed by atoms with van der Waals surface area (Å²) in [5.41, 5.74) is 1.53. The van der Waals surface area contributed by atoms with Crippen molar-refractivity contribution in [3.63, 3.8) is 0 Å². The summed E-state index contributed by atoms with van der Waals surface area (Å²) >= 11 is 0. The molecule has 0 unspecified atom stereocenters. The molecule has 1 atom stereocenters. The first-order valence-corrected chi connectivity index (χ1v) is 4.95. The highest BCUT2D eigenvalue weighted by molar-refractivity contribution is 5.64. The zero-order chi connectivity index (χ0) is 11.1. The van der Waals surface area contributed by atoms with Crippen LogP contribution in [0.4, 0.5) is 4.79 Å². The Balaban J connectivity index is 2.35. The molecule has 1 aromatic carbocycles. The molecule has 3 nitrogen and oxygen atoms in total. The van der Waals surface area contributed by atoms with Crippen LogP contribution in [0.15, 0.2) is 24.3 Å². The van der Waals surface area contributed by atoms with Crippen LogP contribution >= 0.6 is 0 Å². The molecule has 1 heterocycles. The predicted molar refractivity (Wildman–Crippen MR) is 55.6 cm³/mol. The van der Waals surface area contributed by atoms with E-state index in [1.165, 1.54) is 0 Å². The van der Waals surface area contributed by atoms with Crippen LogP contribution in [0.2, 0.25) is 0 Å². The first kappa shape index (κ1) is 10.0. The molecule has 80 valence electrons. The Kier molecular flexibility index (Phi) is 2.18. The second kappa shape index (κ2) is 3.26. The third-order valence-corrected chi connectivity index (χ3v) is 2.54. The van der Waals surface area contributed by atoms with E-state index in [2.05, 4.69) is 0 Å². The molecule has 1 aromatic rings. The fourth-order valence-electron chi connectivity index (χ4n) is 1.83. The molecule has 2 rings (SSSR count). The summed E-state index contributed by atoms with van der Waals surface area (Å²) in [7, 11) is 0. The number of benzene rings is 1. The molecule has 1 saturated heterocycles. The van der Waals surface area contributed by atoms with Crippen molar-refractivity contribution in [2.75, 3.05) is 0 Å². The lowest BCUT2D eigenvalue weighted by Gasteiger charge is -2.22. The maximum atomic E-state index is 11.1. The summed E-state index contributed by atoms with van der Waals surface area (Å²) in [6, 6.07) is 7.91. The second-order valence-electron chi connectivity index (χ2n) is 4.37. The molecule has 1 aliphatic heterocycles. The van der Waals surface area contributed by atoms with Gasteiger partial charge < -0.3 is 9.47 Å². The summed E-state index contributed by atoms with van der Waals surface area (Å²) < 4.78 is 10.3. The molecule has 1 fully saturated rings. The molecule has 0 aromatic heterocycles. The molecule has 0 N–H and O–H groups in total. The highest BCUT2D eigenvalue weighted by Gasteiger charge is 2.44. The van der Waals surface area contributed by atoms with Gasteiger partial charge in [0.1, 0.15) is 0 Å². The molecule has 1 aliphatic rings. The summed E-state index contributed by atoms with van der Waals surface area (Å²) in [4.78, 5) is 11.1. The predicted octanol–water partition coefficient (Wildman–Crippen LogP) is 2.98. The van der Waals surface area contributed by atoms with Crippen molar-refractivity contribution in [2.45, 2.75) is 32.5 Å². The first-order valence-electron chi connectivity index (χ1n) is 4.95. The van der Waals surface area contributed by atoms with Crippen LogP contribution in [-0.4, -0.2) is 11.8 Å². The monoisotopic (exact) mass is 206 g/mol. The highest BCUT2D eigenvalue weighted by atomic mass is 16.8. The Labute approximate surface area is 89.0 Å². The number of aryl methyl sites for hydroxylation is 1. The number of carbonyl (C=O) groups excluding carboxylic acids is 1. The summed E-state index contributed by atoms with van der Waals surface area (Å²) in [6.45, 7) is 5.71. The van der Waals surface area contributed by atoms with Crippen molar-refractivity contribution in [1.29, 1.82) is 0 Å². The molecule has 0 radical (unpaired) electrons. The van der Waals surface area contributed by atoms with E-state index in [9.17, 15) is 4.79 Å². The van der Waals surface area contributed by atoms with Gasteiger partial charge in [-0.1, -0.05) is 29.8 Å². The van der Waals surface area contributed by atoms with Gasteiger partial charge in [-0.3, -0.25) is 0 Å². The van der Waals surface area contributed by atoms with Gasteiger partial charge in [0.2, 0.25) is 0 Å². The second-order valence-corrected chi connectivity index (χ2v) is 4.37. The Morgan fingerprint density at radius 3 is 2.60 bits per heavy atom. The lowest BCUT2D eigenvalue weighted by Crippen LogP contribution is -2.26. The number of carbonyl (C=O) groups is 1. The molecule has 0 amide bonds. The number of hydrogen-bond donors (Lipinski definition) is 0. The standard InChI is InChI=1S/C12H14O3/c1-8-5-4-6-9(7-8)10-12(2,3)15-11(13)14-10/h4-7,10H,1-3H3/t10-/m1/s1. The van der Waals surface area contributed by atoms with E-state index in [1.54, 1.807) is 0 Å². The van der Waals surface area contributed by atoms with Gasteiger partial charge in [0.25, 0.3) is 0 Å². The van der Waals surface area contributed by atoms with Gasteiger partial charge >= 0.3 is 6.16 Å². The third-order valence-electron chi connectivity index (χ3n) is 2.54. The summed E-state index contributed by atoms with van der Waals surface area (Å²) in [5, 5.41) is 0. The van der Waals surface area contributed by atoms with Gasteiger partial charge in [0.15, 0.2) is 11.7 Å². The van der Waals surface area contributed by atoms with Crippen LogP contribution in [0.3, 0.4) is 0 Å². The van der Waals surface area contributed by atoms with E-state index in [0.717, 1.165) is 11.1 Å². The fraction of sp³-hybridized carbons (Fsp3) is 0.417. The Hall–Kier alpha value is -1.51. The van der Waals surface area contributed by atoms with E-state index < -0.39 is 11.8 Å². The van der Waals surface area contributed by atoms with Gasteiger partial charge in [-0.2, -0.15) is 0 Å². The molecular weight excluding hydrogens is 192 g/mol. The Morgan fingerprint density at radius 2 is 2.07 bits per heavy atom. The minimum absolute atomic E-state index is 0.315. The maximum absolute atomic E-state index is 11.1. The third kappa shape index (κ3) is 1.82. The lowest BCUT2D eigenvalue weighted by molar-refractivity contribution is 0.0642. The van der Waals surface area contributed by atoms with Crippen molar-refractivity contribution in [2.24, 2.45) is 0 Å². The van der Waals surface area contributed by atoms with Crippen molar-refractivity contribution in [3.8, 4) is 0 Å². The molecule has 0 saturated carbocycles. The maximum Gasteiger partial charge on any atom is 0.509 e. The first-order chi connectivity index (χ1) is 6.99. The van der Waals surface area contributed by atoms with Gasteiger partial charge in [0, 0.05) is 0 Å². The van der Waals surface area contributed by atoms with Gasteiger partial charge in [-0.15, -0.1) is 0 Å². The van der Waals surface area contributed by atoms with E-state index >= 15 is 0 Å². The average molecular weight is 206 g/mol. The molecule has 3 heteroatoms. The molecular formula is C12H14O3. The normalized spacial score (nSPS) is 23.4. The average Bonchev–Trinajstić information content (AvgIpc) is 2.39. The van der Waals surface area contributed by atoms with Crippen LogP contribution in [0.25, 0.3) is 0 Å². The Bertz CT molecular complexity index is 396. The summed E-state index contributed by atoms with van der Waals surface area (Å²) in [6.07, 6.45) is -0.906. The fourth-order valence-corrected chi connectivity index (χ4v) is 1.83. The van der Waals surface area contributed by atoms with Gasteiger partial charge in [-0.25, -0.2) is 4.79 Å². The minimum Gasteiger partial charge on any atom is -0.424 e. The van der Waals surface area contributed by atoms with Crippen molar-refractivity contribution in [1.82, 2.24) is 0 Å². The smallest absolute Gasteiger partial charge is 0.424 e. The number of hydrogen-bond acceptors (Lipinski definition) is 3. The number of ether oxygens (including phenoxy) is 2. The molecule has 15 heavy (non-hydrogen) atoms. The topological polar surface area (TPSA) is 35.5 Å². The van der Waals surface area contributed by atoms with E-state index in [1.807, 2.05) is 45.0 Å². The van der Waals surface area contributed by atoms with Crippen LogP contribution < -0.4 is 0 Å². The van der Waals surface area contributed by atoms with Gasteiger partial charge in [0.05, 0.1) is 0 Å².